The Balaban J connectivity index is 1.40. The molecule has 1 aliphatic carbocycles. The largest absolute Gasteiger partial charge is 0.325 e. The second kappa shape index (κ2) is 8.59. The Labute approximate surface area is 179 Å². The number of halogens is 1. The fraction of sp³-hybridized carbons (Fsp3) is 0.318. The lowest BCUT2D eigenvalue weighted by Gasteiger charge is -2.09. The number of benzene rings is 2. The van der Waals surface area contributed by atoms with Crippen LogP contribution in [-0.4, -0.2) is 26.4 Å². The number of amides is 1. The lowest BCUT2D eigenvalue weighted by Crippen LogP contribution is -2.15. The molecular formula is C22H23ClN4OS. The molecule has 0 unspecified atom stereocenters. The summed E-state index contributed by atoms with van der Waals surface area (Å²) in [6.45, 7) is 4.85. The number of hydrogen-bond donors (Lipinski definition) is 1. The third kappa shape index (κ3) is 4.49. The van der Waals surface area contributed by atoms with E-state index in [2.05, 4.69) is 39.1 Å². The molecule has 1 fully saturated rings. The minimum atomic E-state index is -0.0398. The molecule has 1 saturated carbocycles. The first-order chi connectivity index (χ1) is 14.1. The van der Waals surface area contributed by atoms with E-state index in [1.54, 1.807) is 0 Å². The van der Waals surface area contributed by atoms with Gasteiger partial charge in [0.05, 0.1) is 5.75 Å². The van der Waals surface area contributed by atoms with E-state index in [9.17, 15) is 4.79 Å². The maximum absolute atomic E-state index is 12.4. The molecule has 0 spiro atoms. The third-order valence-electron chi connectivity index (χ3n) is 5.23. The Bertz CT molecular complexity index is 1020. The van der Waals surface area contributed by atoms with E-state index in [1.807, 2.05) is 43.3 Å². The van der Waals surface area contributed by atoms with Crippen LogP contribution in [0.4, 0.5) is 5.69 Å². The van der Waals surface area contributed by atoms with Crippen LogP contribution < -0.4 is 5.32 Å². The van der Waals surface area contributed by atoms with E-state index in [0.717, 1.165) is 40.2 Å². The summed E-state index contributed by atoms with van der Waals surface area (Å²) in [7, 11) is 0. The summed E-state index contributed by atoms with van der Waals surface area (Å²) < 4.78 is 2.13. The topological polar surface area (TPSA) is 59.8 Å². The molecule has 1 N–H and O–H groups in total. The highest BCUT2D eigenvalue weighted by Crippen LogP contribution is 2.54. The first-order valence-electron chi connectivity index (χ1n) is 9.73. The van der Waals surface area contributed by atoms with Crippen molar-refractivity contribution < 1.29 is 4.79 Å². The minimum Gasteiger partial charge on any atom is -0.325 e. The zero-order valence-electron chi connectivity index (χ0n) is 16.4. The summed E-state index contributed by atoms with van der Waals surface area (Å²) in [6, 6.07) is 15.8. The van der Waals surface area contributed by atoms with Gasteiger partial charge in [-0.05, 0) is 55.5 Å². The van der Waals surface area contributed by atoms with Gasteiger partial charge in [-0.3, -0.25) is 4.79 Å². The summed E-state index contributed by atoms with van der Waals surface area (Å²) >= 11 is 7.43. The van der Waals surface area contributed by atoms with Crippen LogP contribution >= 0.6 is 23.4 Å². The molecule has 0 radical (unpaired) electrons. The van der Waals surface area contributed by atoms with Gasteiger partial charge in [-0.1, -0.05) is 53.7 Å². The Morgan fingerprint density at radius 3 is 2.66 bits per heavy atom. The van der Waals surface area contributed by atoms with E-state index < -0.39 is 0 Å². The van der Waals surface area contributed by atoms with E-state index in [1.165, 1.54) is 17.3 Å². The molecule has 1 aliphatic rings. The molecule has 0 bridgehead atoms. The standard InChI is InChI=1S/C22H23ClN4OS/c1-3-27-21(18-12-17(18)15-8-10-16(23)11-9-15)25-26-22(27)29-13-20(28)24-19-7-5-4-6-14(19)2/h4-11,17-18H,3,12-13H2,1-2H3,(H,24,28)/t17-,18+/m1/s1. The summed E-state index contributed by atoms with van der Waals surface area (Å²) in [5.74, 6) is 2.11. The molecule has 2 atom stereocenters. The molecule has 0 aliphatic heterocycles. The molecule has 1 amide bonds. The molecule has 2 aromatic carbocycles. The van der Waals surface area contributed by atoms with Gasteiger partial charge >= 0.3 is 0 Å². The molecule has 0 saturated heterocycles. The number of nitrogens with one attached hydrogen (secondary N) is 1. The van der Waals surface area contributed by atoms with Crippen LogP contribution in [0.5, 0.6) is 0 Å². The smallest absolute Gasteiger partial charge is 0.234 e. The summed E-state index contributed by atoms with van der Waals surface area (Å²) in [6.07, 6.45) is 1.07. The number of hydrogen-bond acceptors (Lipinski definition) is 4. The number of para-hydroxylation sites is 1. The van der Waals surface area contributed by atoms with Gasteiger partial charge in [0.1, 0.15) is 5.82 Å². The zero-order valence-corrected chi connectivity index (χ0v) is 18.0. The van der Waals surface area contributed by atoms with Gasteiger partial charge in [-0.2, -0.15) is 0 Å². The number of anilines is 1. The first-order valence-corrected chi connectivity index (χ1v) is 11.1. The normalized spacial score (nSPS) is 17.9. The fourth-order valence-corrected chi connectivity index (χ4v) is 4.50. The number of aryl methyl sites for hydroxylation is 1. The number of thioether (sulfide) groups is 1. The summed E-state index contributed by atoms with van der Waals surface area (Å²) in [4.78, 5) is 12.4. The van der Waals surface area contributed by atoms with Crippen molar-refractivity contribution in [3.63, 3.8) is 0 Å². The van der Waals surface area contributed by atoms with Crippen LogP contribution in [0, 0.1) is 6.92 Å². The molecular weight excluding hydrogens is 404 g/mol. The number of carbonyl (C=O) groups is 1. The van der Waals surface area contributed by atoms with E-state index in [-0.39, 0.29) is 5.91 Å². The summed E-state index contributed by atoms with van der Waals surface area (Å²) in [5, 5.41) is 13.3. The van der Waals surface area contributed by atoms with E-state index >= 15 is 0 Å². The maximum atomic E-state index is 12.4. The average Bonchev–Trinajstić information content (AvgIpc) is 3.40. The number of aromatic nitrogens is 3. The van der Waals surface area contributed by atoms with Crippen molar-refractivity contribution in [2.24, 2.45) is 0 Å². The molecule has 5 nitrogen and oxygen atoms in total. The first kappa shape index (κ1) is 20.0. The van der Waals surface area contributed by atoms with Gasteiger partial charge < -0.3 is 9.88 Å². The van der Waals surface area contributed by atoms with Crippen LogP contribution in [0.3, 0.4) is 0 Å². The predicted octanol–water partition coefficient (Wildman–Crippen LogP) is 5.26. The van der Waals surface area contributed by atoms with Crippen molar-refractivity contribution in [3.8, 4) is 0 Å². The second-order valence-corrected chi connectivity index (χ2v) is 8.62. The highest BCUT2D eigenvalue weighted by Gasteiger charge is 2.43. The SMILES string of the molecule is CCn1c(SCC(=O)Nc2ccccc2C)nnc1[C@H]1C[C@@H]1c1ccc(Cl)cc1. The predicted molar refractivity (Wildman–Crippen MR) is 118 cm³/mol. The van der Waals surface area contributed by atoms with Crippen molar-refractivity contribution in [2.45, 2.75) is 43.8 Å². The van der Waals surface area contributed by atoms with Crippen molar-refractivity contribution in [1.29, 1.82) is 0 Å². The second-order valence-electron chi connectivity index (χ2n) is 7.24. The average molecular weight is 427 g/mol. The van der Waals surface area contributed by atoms with Crippen molar-refractivity contribution >= 4 is 35.0 Å². The monoisotopic (exact) mass is 426 g/mol. The van der Waals surface area contributed by atoms with E-state index in [0.29, 0.717) is 17.6 Å². The molecule has 3 aromatic rings. The van der Waals surface area contributed by atoms with Crippen LogP contribution in [0.1, 0.15) is 42.1 Å². The molecule has 29 heavy (non-hydrogen) atoms. The Kier molecular flexibility index (Phi) is 5.92. The fourth-order valence-electron chi connectivity index (χ4n) is 3.57. The lowest BCUT2D eigenvalue weighted by atomic mass is 10.1. The van der Waals surface area contributed by atoms with Gasteiger partial charge in [0.2, 0.25) is 5.91 Å². The van der Waals surface area contributed by atoms with Crippen LogP contribution in [0.2, 0.25) is 5.02 Å². The van der Waals surface area contributed by atoms with Crippen LogP contribution in [0.25, 0.3) is 0 Å². The van der Waals surface area contributed by atoms with Gasteiger partial charge in [-0.15, -0.1) is 10.2 Å². The van der Waals surface area contributed by atoms with Gasteiger partial charge in [0, 0.05) is 23.2 Å². The van der Waals surface area contributed by atoms with E-state index in [4.69, 9.17) is 11.6 Å². The molecule has 1 aromatic heterocycles. The van der Waals surface area contributed by atoms with Crippen molar-refractivity contribution in [3.05, 3.63) is 70.5 Å². The van der Waals surface area contributed by atoms with Gasteiger partial charge in [-0.25, -0.2) is 0 Å². The van der Waals surface area contributed by atoms with Crippen LogP contribution in [-0.2, 0) is 11.3 Å². The molecule has 1 heterocycles. The highest BCUT2D eigenvalue weighted by molar-refractivity contribution is 7.99. The number of rotatable bonds is 7. The van der Waals surface area contributed by atoms with Gasteiger partial charge in [0.15, 0.2) is 5.16 Å². The van der Waals surface area contributed by atoms with Gasteiger partial charge in [0.25, 0.3) is 0 Å². The number of carbonyl (C=O) groups excluding carboxylic acids is 1. The molecule has 4 rings (SSSR count). The lowest BCUT2D eigenvalue weighted by molar-refractivity contribution is -0.113. The minimum absolute atomic E-state index is 0.0398. The molecule has 7 heteroatoms. The maximum Gasteiger partial charge on any atom is 0.234 e. The Morgan fingerprint density at radius 2 is 1.93 bits per heavy atom. The van der Waals surface area contributed by atoms with Crippen LogP contribution in [0.15, 0.2) is 53.7 Å². The highest BCUT2D eigenvalue weighted by atomic mass is 35.5. The molecule has 150 valence electrons. The third-order valence-corrected chi connectivity index (χ3v) is 6.45. The van der Waals surface area contributed by atoms with Crippen molar-refractivity contribution in [1.82, 2.24) is 14.8 Å². The summed E-state index contributed by atoms with van der Waals surface area (Å²) in [5.41, 5.74) is 3.18. The Morgan fingerprint density at radius 1 is 1.17 bits per heavy atom. The van der Waals surface area contributed by atoms with Crippen molar-refractivity contribution in [2.75, 3.05) is 11.1 Å². The Hall–Kier alpha value is -2.31. The quantitative estimate of drug-likeness (QED) is 0.523. The number of nitrogens with zero attached hydrogens (tertiary/aromatic N) is 3. The zero-order chi connectivity index (χ0) is 20.4.